The van der Waals surface area contributed by atoms with Gasteiger partial charge in [-0.1, -0.05) is 0 Å². The van der Waals surface area contributed by atoms with E-state index in [1.807, 2.05) is 50.5 Å². The van der Waals surface area contributed by atoms with Crippen LogP contribution in [0.5, 0.6) is 28.7 Å². The molecule has 0 spiro atoms. The SMILES string of the molecule is COc1cc2nccc(Oc3ccc4c(c3)OCCN4c3ccc(N(C)C)cc3)c2cc1OC. The van der Waals surface area contributed by atoms with Gasteiger partial charge in [0.1, 0.15) is 23.9 Å². The van der Waals surface area contributed by atoms with Gasteiger partial charge >= 0.3 is 0 Å². The number of methoxy groups -OCH3 is 2. The molecule has 2 heterocycles. The van der Waals surface area contributed by atoms with E-state index < -0.39 is 0 Å². The Kier molecular flexibility index (Phi) is 5.76. The highest BCUT2D eigenvalue weighted by Gasteiger charge is 2.21. The number of fused-ring (bicyclic) bond motifs is 2. The Morgan fingerprint density at radius 1 is 0.882 bits per heavy atom. The van der Waals surface area contributed by atoms with Gasteiger partial charge in [0, 0.05) is 49.2 Å². The molecule has 0 unspecified atom stereocenters. The molecule has 0 N–H and O–H groups in total. The van der Waals surface area contributed by atoms with E-state index in [1.54, 1.807) is 20.4 Å². The van der Waals surface area contributed by atoms with Crippen LogP contribution in [0.2, 0.25) is 0 Å². The van der Waals surface area contributed by atoms with Crippen LogP contribution >= 0.6 is 0 Å². The fourth-order valence-electron chi connectivity index (χ4n) is 4.13. The number of benzene rings is 3. The van der Waals surface area contributed by atoms with E-state index in [0.29, 0.717) is 29.6 Å². The number of ether oxygens (including phenoxy) is 4. The van der Waals surface area contributed by atoms with E-state index >= 15 is 0 Å². The van der Waals surface area contributed by atoms with Crippen molar-refractivity contribution in [3.8, 4) is 28.7 Å². The Balaban J connectivity index is 1.45. The summed E-state index contributed by atoms with van der Waals surface area (Å²) in [5.74, 6) is 3.40. The number of hydrogen-bond donors (Lipinski definition) is 0. The van der Waals surface area contributed by atoms with Gasteiger partial charge in [0.15, 0.2) is 11.5 Å². The molecule has 34 heavy (non-hydrogen) atoms. The minimum Gasteiger partial charge on any atom is -0.493 e. The Hall–Kier alpha value is -4.13. The largest absolute Gasteiger partial charge is 0.493 e. The lowest BCUT2D eigenvalue weighted by atomic mass is 10.1. The van der Waals surface area contributed by atoms with Crippen molar-refractivity contribution in [1.82, 2.24) is 4.98 Å². The lowest BCUT2D eigenvalue weighted by molar-refractivity contribution is 0.312. The van der Waals surface area contributed by atoms with E-state index in [2.05, 4.69) is 39.0 Å². The van der Waals surface area contributed by atoms with Gasteiger partial charge in [-0.15, -0.1) is 0 Å². The third kappa shape index (κ3) is 4.01. The average molecular weight is 458 g/mol. The van der Waals surface area contributed by atoms with Crippen LogP contribution in [-0.4, -0.2) is 46.5 Å². The molecule has 7 heteroatoms. The zero-order valence-electron chi connectivity index (χ0n) is 19.7. The second-order valence-corrected chi connectivity index (χ2v) is 8.18. The number of rotatable bonds is 6. The molecule has 1 aliphatic heterocycles. The molecule has 0 fully saturated rings. The monoisotopic (exact) mass is 457 g/mol. The van der Waals surface area contributed by atoms with E-state index in [9.17, 15) is 0 Å². The zero-order valence-corrected chi connectivity index (χ0v) is 19.7. The van der Waals surface area contributed by atoms with Gasteiger partial charge in [-0.05, 0) is 48.5 Å². The molecule has 0 amide bonds. The van der Waals surface area contributed by atoms with Crippen molar-refractivity contribution in [2.45, 2.75) is 0 Å². The van der Waals surface area contributed by atoms with E-state index in [4.69, 9.17) is 18.9 Å². The first-order valence-corrected chi connectivity index (χ1v) is 11.1. The smallest absolute Gasteiger partial charge is 0.162 e. The fraction of sp³-hybridized carbons (Fsp3) is 0.222. The third-order valence-corrected chi connectivity index (χ3v) is 5.91. The van der Waals surface area contributed by atoms with Gasteiger partial charge in [-0.25, -0.2) is 0 Å². The summed E-state index contributed by atoms with van der Waals surface area (Å²) in [6.45, 7) is 1.38. The second-order valence-electron chi connectivity index (χ2n) is 8.18. The molecule has 0 bridgehead atoms. The predicted octanol–water partition coefficient (Wildman–Crippen LogP) is 5.64. The van der Waals surface area contributed by atoms with Gasteiger partial charge in [-0.3, -0.25) is 4.98 Å². The zero-order chi connectivity index (χ0) is 23.7. The minimum absolute atomic E-state index is 0.598. The topological polar surface area (TPSA) is 56.3 Å². The van der Waals surface area contributed by atoms with Crippen molar-refractivity contribution in [3.05, 3.63) is 66.9 Å². The van der Waals surface area contributed by atoms with Crippen LogP contribution in [0.25, 0.3) is 10.9 Å². The highest BCUT2D eigenvalue weighted by Crippen LogP contribution is 2.42. The van der Waals surface area contributed by atoms with Crippen LogP contribution in [0.1, 0.15) is 0 Å². The first-order chi connectivity index (χ1) is 16.6. The standard InChI is InChI=1S/C27H27N3O4/c1-29(2)18-5-7-19(8-6-18)30-13-14-33-25-15-20(9-10-23(25)30)34-24-11-12-28-22-17-27(32-4)26(31-3)16-21(22)24/h5-12,15-17H,13-14H2,1-4H3. The van der Waals surface area contributed by atoms with E-state index in [-0.39, 0.29) is 0 Å². The van der Waals surface area contributed by atoms with E-state index in [1.165, 1.54) is 5.69 Å². The maximum absolute atomic E-state index is 6.27. The number of nitrogens with zero attached hydrogens (tertiary/aromatic N) is 3. The number of pyridine rings is 1. The van der Waals surface area contributed by atoms with Crippen molar-refractivity contribution in [2.24, 2.45) is 0 Å². The van der Waals surface area contributed by atoms with Crippen LogP contribution in [0.3, 0.4) is 0 Å². The van der Waals surface area contributed by atoms with Crippen LogP contribution in [-0.2, 0) is 0 Å². The highest BCUT2D eigenvalue weighted by molar-refractivity contribution is 5.88. The molecule has 4 aromatic rings. The number of hydrogen-bond acceptors (Lipinski definition) is 7. The van der Waals surface area contributed by atoms with Crippen molar-refractivity contribution >= 4 is 28.0 Å². The Labute approximate surface area is 199 Å². The van der Waals surface area contributed by atoms with Gasteiger partial charge in [0.2, 0.25) is 0 Å². The predicted molar refractivity (Wildman–Crippen MR) is 135 cm³/mol. The molecular weight excluding hydrogens is 430 g/mol. The molecule has 1 aliphatic rings. The molecule has 1 aromatic heterocycles. The van der Waals surface area contributed by atoms with Gasteiger partial charge in [0.05, 0.1) is 32.0 Å². The van der Waals surface area contributed by atoms with Crippen molar-refractivity contribution < 1.29 is 18.9 Å². The molecule has 0 radical (unpaired) electrons. The molecule has 0 atom stereocenters. The average Bonchev–Trinajstić information content (AvgIpc) is 2.87. The molecule has 0 saturated carbocycles. The summed E-state index contributed by atoms with van der Waals surface area (Å²) in [5, 5.41) is 0.835. The summed E-state index contributed by atoms with van der Waals surface area (Å²) in [4.78, 5) is 8.81. The van der Waals surface area contributed by atoms with Gasteiger partial charge < -0.3 is 28.7 Å². The molecule has 3 aromatic carbocycles. The molecule has 7 nitrogen and oxygen atoms in total. The lowest BCUT2D eigenvalue weighted by Crippen LogP contribution is -2.28. The number of aromatic nitrogens is 1. The van der Waals surface area contributed by atoms with Crippen molar-refractivity contribution in [2.75, 3.05) is 51.3 Å². The Morgan fingerprint density at radius 3 is 2.38 bits per heavy atom. The summed E-state index contributed by atoms with van der Waals surface area (Å²) in [5.41, 5.74) is 4.07. The van der Waals surface area contributed by atoms with Crippen LogP contribution < -0.4 is 28.7 Å². The minimum atomic E-state index is 0.598. The van der Waals surface area contributed by atoms with Crippen LogP contribution in [0.15, 0.2) is 66.9 Å². The van der Waals surface area contributed by atoms with Crippen LogP contribution in [0, 0.1) is 0 Å². The molecular formula is C27H27N3O4. The number of anilines is 3. The molecule has 174 valence electrons. The normalized spacial score (nSPS) is 12.6. The third-order valence-electron chi connectivity index (χ3n) is 5.91. The summed E-state index contributed by atoms with van der Waals surface area (Å²) >= 11 is 0. The maximum atomic E-state index is 6.27. The van der Waals surface area contributed by atoms with E-state index in [0.717, 1.165) is 34.6 Å². The van der Waals surface area contributed by atoms with Gasteiger partial charge in [0.25, 0.3) is 0 Å². The van der Waals surface area contributed by atoms with Crippen LogP contribution in [0.4, 0.5) is 17.1 Å². The molecule has 0 aliphatic carbocycles. The van der Waals surface area contributed by atoms with Crippen molar-refractivity contribution in [1.29, 1.82) is 0 Å². The quantitative estimate of drug-likeness (QED) is 0.371. The summed E-state index contributed by atoms with van der Waals surface area (Å²) in [6, 6.07) is 20.0. The van der Waals surface area contributed by atoms with Crippen molar-refractivity contribution in [3.63, 3.8) is 0 Å². The maximum Gasteiger partial charge on any atom is 0.162 e. The highest BCUT2D eigenvalue weighted by atomic mass is 16.5. The van der Waals surface area contributed by atoms with Gasteiger partial charge in [-0.2, -0.15) is 0 Å². The lowest BCUT2D eigenvalue weighted by Gasteiger charge is -2.31. The second kappa shape index (κ2) is 9.02. The summed E-state index contributed by atoms with van der Waals surface area (Å²) in [7, 11) is 7.30. The fourth-order valence-corrected chi connectivity index (χ4v) is 4.13. The summed E-state index contributed by atoms with van der Waals surface area (Å²) < 4.78 is 23.1. The first-order valence-electron chi connectivity index (χ1n) is 11.1. The Morgan fingerprint density at radius 2 is 1.65 bits per heavy atom. The molecule has 0 saturated heterocycles. The Bertz CT molecular complexity index is 1320. The first kappa shape index (κ1) is 21.7. The molecule has 5 rings (SSSR count). The summed E-state index contributed by atoms with van der Waals surface area (Å²) in [6.07, 6.45) is 1.72.